The molecule has 5 atom stereocenters. The lowest BCUT2D eigenvalue weighted by Gasteiger charge is -2.21. The van der Waals surface area contributed by atoms with Gasteiger partial charge in [0.15, 0.2) is 12.2 Å². The summed E-state index contributed by atoms with van der Waals surface area (Å²) < 4.78 is 68.2. The van der Waals surface area contributed by atoms with Crippen LogP contribution in [0, 0.1) is 0 Å². The summed E-state index contributed by atoms with van der Waals surface area (Å²) in [6.07, 6.45) is 76.6. The maximum Gasteiger partial charge on any atom is 0.472 e. The molecule has 3 N–H and O–H groups in total. The van der Waals surface area contributed by atoms with Crippen molar-refractivity contribution in [3.05, 3.63) is 122 Å². The first-order valence-electron chi connectivity index (χ1n) is 37.8. The Hall–Kier alpha value is -4.54. The quantitative estimate of drug-likeness (QED) is 0.0169. The van der Waals surface area contributed by atoms with E-state index in [0.29, 0.717) is 32.1 Å². The number of carbonyl (C=O) groups excluding carboxylic acids is 4. The third-order valence-corrected chi connectivity index (χ3v) is 17.4. The van der Waals surface area contributed by atoms with Crippen molar-refractivity contribution in [3.63, 3.8) is 0 Å². The molecule has 0 amide bonds. The second-order valence-electron chi connectivity index (χ2n) is 24.9. The fraction of sp³-hybridized carbons (Fsp3) is 0.696. The van der Waals surface area contributed by atoms with Crippen LogP contribution < -0.4 is 0 Å². The van der Waals surface area contributed by atoms with Crippen LogP contribution in [-0.4, -0.2) is 96.7 Å². The van der Waals surface area contributed by atoms with Gasteiger partial charge in [-0.2, -0.15) is 0 Å². The number of aliphatic hydroxyl groups is 1. The summed E-state index contributed by atoms with van der Waals surface area (Å²) in [4.78, 5) is 72.7. The summed E-state index contributed by atoms with van der Waals surface area (Å²) in [5, 5.41) is 10.6. The van der Waals surface area contributed by atoms with Crippen LogP contribution in [0.1, 0.15) is 297 Å². The predicted octanol–water partition coefficient (Wildman–Crippen LogP) is 21.6. The highest BCUT2D eigenvalue weighted by molar-refractivity contribution is 7.47. The van der Waals surface area contributed by atoms with Crippen molar-refractivity contribution in [2.45, 2.75) is 316 Å². The smallest absolute Gasteiger partial charge is 0.462 e. The fourth-order valence-corrected chi connectivity index (χ4v) is 11.4. The number of unbranched alkanes of at least 4 members (excludes halogenated alkanes) is 25. The third kappa shape index (κ3) is 69.9. The number of rotatable bonds is 70. The van der Waals surface area contributed by atoms with E-state index in [2.05, 4.69) is 113 Å². The van der Waals surface area contributed by atoms with Crippen molar-refractivity contribution < 1.29 is 80.2 Å². The number of aliphatic hydroxyl groups excluding tert-OH is 1. The van der Waals surface area contributed by atoms with Crippen molar-refractivity contribution >= 4 is 39.5 Å². The molecular weight excluding hydrogens is 1280 g/mol. The monoisotopic (exact) mass is 1420 g/mol. The average molecular weight is 1420 g/mol. The number of phosphoric acid groups is 2. The number of hydrogen-bond acceptors (Lipinski definition) is 15. The van der Waals surface area contributed by atoms with E-state index in [4.69, 9.17) is 37.0 Å². The second kappa shape index (κ2) is 70.9. The van der Waals surface area contributed by atoms with Crippen LogP contribution in [0.3, 0.4) is 0 Å². The predicted molar refractivity (Wildman–Crippen MR) is 399 cm³/mol. The third-order valence-electron chi connectivity index (χ3n) is 15.5. The van der Waals surface area contributed by atoms with Crippen molar-refractivity contribution in [1.82, 2.24) is 0 Å². The number of esters is 4. The minimum atomic E-state index is -5.01. The van der Waals surface area contributed by atoms with Crippen molar-refractivity contribution in [2.24, 2.45) is 0 Å². The minimum Gasteiger partial charge on any atom is -0.462 e. The fourth-order valence-electron chi connectivity index (χ4n) is 9.80. The van der Waals surface area contributed by atoms with Crippen LogP contribution in [0.5, 0.6) is 0 Å². The van der Waals surface area contributed by atoms with E-state index in [0.717, 1.165) is 103 Å². The molecule has 0 aliphatic heterocycles. The van der Waals surface area contributed by atoms with Gasteiger partial charge in [0.05, 0.1) is 32.8 Å². The molecule has 0 aromatic carbocycles. The van der Waals surface area contributed by atoms with Gasteiger partial charge < -0.3 is 33.8 Å². The van der Waals surface area contributed by atoms with E-state index >= 15 is 0 Å². The van der Waals surface area contributed by atoms with Gasteiger partial charge in [-0.05, 0) is 89.9 Å². The molecule has 0 saturated carbocycles. The van der Waals surface area contributed by atoms with Gasteiger partial charge in [0.2, 0.25) is 0 Å². The average Bonchev–Trinajstić information content (AvgIpc) is 1.05. The van der Waals surface area contributed by atoms with Crippen molar-refractivity contribution in [1.29, 1.82) is 0 Å². The molecule has 17 nitrogen and oxygen atoms in total. The zero-order valence-corrected chi connectivity index (χ0v) is 63.0. The summed E-state index contributed by atoms with van der Waals surface area (Å²) >= 11 is 0. The largest absolute Gasteiger partial charge is 0.472 e. The van der Waals surface area contributed by atoms with Crippen LogP contribution in [0.2, 0.25) is 0 Å². The van der Waals surface area contributed by atoms with Crippen LogP contribution in [0.4, 0.5) is 0 Å². The van der Waals surface area contributed by atoms with E-state index in [1.165, 1.54) is 109 Å². The maximum absolute atomic E-state index is 13.1. The SMILES string of the molecule is CC/C=C\C/C=C\C/C=C\C/C=C\C/C=C\CCCC(=O)OCC(COP(=O)(O)OCC(O)COP(=O)(O)OCC(COC(=O)CCCCCCCCCCCCCCC)OC(=O)CCCCCCCCCCCCCCC)OC(=O)C/C=C\C/C=C\C/C=C\C/C=C\C/C=C\CC. The molecule has 0 spiro atoms. The Kier molecular flexibility index (Phi) is 67.6. The molecule has 0 fully saturated rings. The Morgan fingerprint density at radius 2 is 0.571 bits per heavy atom. The number of ether oxygens (including phenoxy) is 4. The lowest BCUT2D eigenvalue weighted by Crippen LogP contribution is -2.30. The summed E-state index contributed by atoms with van der Waals surface area (Å²) in [7, 11) is -9.99. The molecule has 19 heteroatoms. The van der Waals surface area contributed by atoms with E-state index in [1.54, 1.807) is 12.2 Å². The second-order valence-corrected chi connectivity index (χ2v) is 27.8. The zero-order valence-electron chi connectivity index (χ0n) is 61.2. The van der Waals surface area contributed by atoms with Gasteiger partial charge in [-0.3, -0.25) is 37.3 Å². The summed E-state index contributed by atoms with van der Waals surface area (Å²) in [6.45, 7) is 4.47. The normalized spacial score (nSPS) is 14.6. The van der Waals surface area contributed by atoms with Gasteiger partial charge >= 0.3 is 39.5 Å². The molecule has 98 heavy (non-hydrogen) atoms. The zero-order chi connectivity index (χ0) is 71.8. The first-order chi connectivity index (χ1) is 47.7. The highest BCUT2D eigenvalue weighted by atomic mass is 31.2. The standard InChI is InChI=1S/C79H134O17P2/c1-5-9-13-17-21-25-29-33-35-36-38-41-44-48-52-56-60-64-77(82)90-70-75(96-79(84)66-62-58-54-50-46-42-37-34-30-26-22-18-14-10-6-2)72-94-98(87,88)92-68-73(80)67-91-97(85,86)93-71-74(95-78(83)65-61-57-53-49-45-40-32-28-24-20-16-12-8-4)69-89-76(81)63-59-55-51-47-43-39-31-27-23-19-15-11-7-3/h9-10,13-14,21-22,25-26,33-35,37-38,41,46,48,50,52,58,62,73-75,80H,5-8,11-12,15-20,23-24,27-32,36,39-40,42-45,47,49,51,53-57,59-61,63-72H2,1-4H3,(H,85,86)(H,87,88)/b13-9-,14-10-,25-21-,26-22-,35-33-,37-34-,41-38-,50-46-,52-48-,62-58-. The van der Waals surface area contributed by atoms with E-state index < -0.39 is 97.5 Å². The van der Waals surface area contributed by atoms with E-state index in [1.807, 2.05) is 24.3 Å². The number of phosphoric ester groups is 2. The van der Waals surface area contributed by atoms with Crippen LogP contribution >= 0.6 is 15.6 Å². The molecule has 0 aromatic rings. The lowest BCUT2D eigenvalue weighted by atomic mass is 10.0. The number of allylic oxidation sites excluding steroid dienone is 19. The Bertz CT molecular complexity index is 2340. The number of hydrogen-bond donors (Lipinski definition) is 3. The molecule has 0 aromatic heterocycles. The maximum atomic E-state index is 13.1. The van der Waals surface area contributed by atoms with Gasteiger partial charge in [-0.15, -0.1) is 0 Å². The minimum absolute atomic E-state index is 0.0614. The topological polar surface area (TPSA) is 237 Å². The molecule has 0 aliphatic carbocycles. The van der Waals surface area contributed by atoms with Crippen LogP contribution in [0.25, 0.3) is 0 Å². The van der Waals surface area contributed by atoms with Gasteiger partial charge in [-0.25, -0.2) is 9.13 Å². The lowest BCUT2D eigenvalue weighted by molar-refractivity contribution is -0.161. The summed E-state index contributed by atoms with van der Waals surface area (Å²) in [5.74, 6) is -2.38. The summed E-state index contributed by atoms with van der Waals surface area (Å²) in [5.41, 5.74) is 0. The van der Waals surface area contributed by atoms with Crippen molar-refractivity contribution in [2.75, 3.05) is 39.6 Å². The van der Waals surface area contributed by atoms with Crippen LogP contribution in [0.15, 0.2) is 122 Å². The molecule has 0 saturated heterocycles. The van der Waals surface area contributed by atoms with Crippen LogP contribution in [-0.2, 0) is 65.4 Å². The molecule has 0 rings (SSSR count). The Balaban J connectivity index is 5.45. The van der Waals surface area contributed by atoms with Gasteiger partial charge in [0.1, 0.15) is 19.3 Å². The molecule has 0 heterocycles. The highest BCUT2D eigenvalue weighted by Crippen LogP contribution is 2.45. The highest BCUT2D eigenvalue weighted by Gasteiger charge is 2.30. The molecule has 0 radical (unpaired) electrons. The van der Waals surface area contributed by atoms with Gasteiger partial charge in [0, 0.05) is 19.3 Å². The molecule has 5 unspecified atom stereocenters. The first-order valence-corrected chi connectivity index (χ1v) is 40.8. The van der Waals surface area contributed by atoms with Gasteiger partial charge in [-0.1, -0.05) is 303 Å². The van der Waals surface area contributed by atoms with Gasteiger partial charge in [0.25, 0.3) is 0 Å². The van der Waals surface area contributed by atoms with E-state index in [-0.39, 0.29) is 25.7 Å². The summed E-state index contributed by atoms with van der Waals surface area (Å²) in [6, 6.07) is 0. The molecular formula is C79H134O17P2. The molecule has 0 aliphatic rings. The Morgan fingerprint density at radius 3 is 0.908 bits per heavy atom. The Labute approximate surface area is 593 Å². The number of carbonyl (C=O) groups is 4. The first kappa shape index (κ1) is 93.5. The Morgan fingerprint density at radius 1 is 0.306 bits per heavy atom. The van der Waals surface area contributed by atoms with Crippen molar-refractivity contribution in [3.8, 4) is 0 Å². The molecule has 562 valence electrons. The van der Waals surface area contributed by atoms with E-state index in [9.17, 15) is 43.2 Å². The molecule has 0 bridgehead atoms.